The van der Waals surface area contributed by atoms with E-state index in [1.54, 1.807) is 7.11 Å². The Morgan fingerprint density at radius 2 is 2.05 bits per heavy atom. The van der Waals surface area contributed by atoms with Gasteiger partial charge in [-0.25, -0.2) is 0 Å². The molecule has 0 aromatic carbocycles. The number of piperidine rings is 1. The van der Waals surface area contributed by atoms with Gasteiger partial charge in [0.15, 0.2) is 0 Å². The van der Waals surface area contributed by atoms with E-state index in [0.29, 0.717) is 23.8 Å². The van der Waals surface area contributed by atoms with E-state index >= 15 is 0 Å². The molecule has 1 aliphatic heterocycles. The van der Waals surface area contributed by atoms with Crippen LogP contribution in [0.1, 0.15) is 27.2 Å². The molecule has 0 saturated carbocycles. The van der Waals surface area contributed by atoms with E-state index in [0.717, 1.165) is 25.6 Å². The second kappa shape index (κ2) is 6.04. The van der Waals surface area contributed by atoms with Crippen LogP contribution in [0.25, 0.3) is 0 Å². The first kappa shape index (κ1) is 13.8. The Labute approximate surface area is 114 Å². The SMILES string of the molecule is CCNc1nc(OC)nc(N2CCC(C)C(C)C2)n1. The van der Waals surface area contributed by atoms with Crippen LogP contribution in [-0.4, -0.2) is 41.7 Å². The zero-order valence-electron chi connectivity index (χ0n) is 12.2. The molecular formula is C13H23N5O. The Hall–Kier alpha value is -1.59. The van der Waals surface area contributed by atoms with Gasteiger partial charge in [-0.15, -0.1) is 0 Å². The molecule has 1 aromatic heterocycles. The van der Waals surface area contributed by atoms with E-state index in [4.69, 9.17) is 4.74 Å². The Balaban J connectivity index is 2.20. The standard InChI is InChI=1S/C13H23N5O/c1-5-14-11-15-12(17-13(16-11)19-4)18-7-6-9(2)10(3)8-18/h9-10H,5-8H2,1-4H3,(H,14,15,16,17). The van der Waals surface area contributed by atoms with Gasteiger partial charge in [0.05, 0.1) is 7.11 Å². The fourth-order valence-corrected chi connectivity index (χ4v) is 2.26. The zero-order chi connectivity index (χ0) is 13.8. The summed E-state index contributed by atoms with van der Waals surface area (Å²) in [6.07, 6.45) is 1.17. The maximum atomic E-state index is 5.15. The maximum Gasteiger partial charge on any atom is 0.322 e. The molecule has 1 saturated heterocycles. The summed E-state index contributed by atoms with van der Waals surface area (Å²) in [6, 6.07) is 0.368. The van der Waals surface area contributed by atoms with Crippen LogP contribution in [0.4, 0.5) is 11.9 Å². The average molecular weight is 265 g/mol. The molecule has 6 heteroatoms. The summed E-state index contributed by atoms with van der Waals surface area (Å²) < 4.78 is 5.15. The van der Waals surface area contributed by atoms with Gasteiger partial charge >= 0.3 is 6.01 Å². The van der Waals surface area contributed by atoms with Crippen LogP contribution in [0.5, 0.6) is 6.01 Å². The third kappa shape index (κ3) is 3.24. The summed E-state index contributed by atoms with van der Waals surface area (Å²) in [6.45, 7) is 9.35. The molecular weight excluding hydrogens is 242 g/mol. The fraction of sp³-hybridized carbons (Fsp3) is 0.769. The van der Waals surface area contributed by atoms with Crippen LogP contribution in [-0.2, 0) is 0 Å². The quantitative estimate of drug-likeness (QED) is 0.895. The number of nitrogens with one attached hydrogen (secondary N) is 1. The van der Waals surface area contributed by atoms with E-state index in [1.165, 1.54) is 6.42 Å². The maximum absolute atomic E-state index is 5.15. The lowest BCUT2D eigenvalue weighted by Crippen LogP contribution is -2.39. The molecule has 1 fully saturated rings. The predicted molar refractivity (Wildman–Crippen MR) is 75.7 cm³/mol. The van der Waals surface area contributed by atoms with Gasteiger partial charge in [0.2, 0.25) is 11.9 Å². The van der Waals surface area contributed by atoms with Crippen molar-refractivity contribution in [3.63, 3.8) is 0 Å². The average Bonchev–Trinajstić information content (AvgIpc) is 2.42. The van der Waals surface area contributed by atoms with Crippen molar-refractivity contribution in [1.82, 2.24) is 15.0 Å². The van der Waals surface area contributed by atoms with Crippen LogP contribution in [0.15, 0.2) is 0 Å². The summed E-state index contributed by atoms with van der Waals surface area (Å²) in [7, 11) is 1.58. The summed E-state index contributed by atoms with van der Waals surface area (Å²) in [5.74, 6) is 2.70. The van der Waals surface area contributed by atoms with Crippen molar-refractivity contribution < 1.29 is 4.74 Å². The largest absolute Gasteiger partial charge is 0.467 e. The zero-order valence-corrected chi connectivity index (χ0v) is 12.2. The number of ether oxygens (including phenoxy) is 1. The molecule has 2 unspecified atom stereocenters. The first-order valence-electron chi connectivity index (χ1n) is 6.93. The Morgan fingerprint density at radius 1 is 1.26 bits per heavy atom. The van der Waals surface area contributed by atoms with Crippen LogP contribution < -0.4 is 15.0 Å². The number of methoxy groups -OCH3 is 1. The number of hydrogen-bond acceptors (Lipinski definition) is 6. The second-order valence-corrected chi connectivity index (χ2v) is 5.17. The van der Waals surface area contributed by atoms with Gasteiger partial charge in [-0.2, -0.15) is 15.0 Å². The molecule has 0 spiro atoms. The number of anilines is 2. The van der Waals surface area contributed by atoms with Crippen molar-refractivity contribution in [2.75, 3.05) is 37.0 Å². The lowest BCUT2D eigenvalue weighted by molar-refractivity contribution is 0.319. The molecule has 2 heterocycles. The highest BCUT2D eigenvalue weighted by atomic mass is 16.5. The first-order valence-corrected chi connectivity index (χ1v) is 6.93. The van der Waals surface area contributed by atoms with E-state index < -0.39 is 0 Å². The lowest BCUT2D eigenvalue weighted by atomic mass is 9.89. The molecule has 19 heavy (non-hydrogen) atoms. The van der Waals surface area contributed by atoms with Crippen LogP contribution >= 0.6 is 0 Å². The molecule has 1 aromatic rings. The van der Waals surface area contributed by atoms with Crippen molar-refractivity contribution in [3.8, 4) is 6.01 Å². The highest BCUT2D eigenvalue weighted by molar-refractivity contribution is 5.38. The van der Waals surface area contributed by atoms with Crippen molar-refractivity contribution in [3.05, 3.63) is 0 Å². The Kier molecular flexibility index (Phi) is 4.39. The number of rotatable bonds is 4. The third-order valence-electron chi connectivity index (χ3n) is 3.74. The molecule has 6 nitrogen and oxygen atoms in total. The minimum atomic E-state index is 0.368. The van der Waals surface area contributed by atoms with Crippen molar-refractivity contribution in [1.29, 1.82) is 0 Å². The van der Waals surface area contributed by atoms with Gasteiger partial charge in [0.1, 0.15) is 0 Å². The van der Waals surface area contributed by atoms with E-state index in [2.05, 4.69) is 39.0 Å². The van der Waals surface area contributed by atoms with Gasteiger partial charge in [0, 0.05) is 19.6 Å². The van der Waals surface area contributed by atoms with Gasteiger partial charge in [-0.05, 0) is 25.2 Å². The highest BCUT2D eigenvalue weighted by Crippen LogP contribution is 2.26. The second-order valence-electron chi connectivity index (χ2n) is 5.17. The molecule has 2 rings (SSSR count). The molecule has 0 amide bonds. The van der Waals surface area contributed by atoms with Crippen LogP contribution in [0.3, 0.4) is 0 Å². The monoisotopic (exact) mass is 265 g/mol. The van der Waals surface area contributed by atoms with Gasteiger partial charge in [0.25, 0.3) is 0 Å². The van der Waals surface area contributed by atoms with E-state index in [1.807, 2.05) is 6.92 Å². The molecule has 1 N–H and O–H groups in total. The fourth-order valence-electron chi connectivity index (χ4n) is 2.26. The summed E-state index contributed by atoms with van der Waals surface area (Å²) in [5, 5.41) is 3.11. The molecule has 2 atom stereocenters. The number of hydrogen-bond donors (Lipinski definition) is 1. The van der Waals surface area contributed by atoms with Crippen LogP contribution in [0, 0.1) is 11.8 Å². The Bertz CT molecular complexity index is 425. The predicted octanol–water partition coefficient (Wildman–Crippen LogP) is 1.79. The Morgan fingerprint density at radius 3 is 2.68 bits per heavy atom. The van der Waals surface area contributed by atoms with Gasteiger partial charge in [-0.3, -0.25) is 0 Å². The lowest BCUT2D eigenvalue weighted by Gasteiger charge is -2.35. The third-order valence-corrected chi connectivity index (χ3v) is 3.74. The van der Waals surface area contributed by atoms with Gasteiger partial charge in [-0.1, -0.05) is 13.8 Å². The molecule has 1 aliphatic rings. The number of nitrogens with zero attached hydrogens (tertiary/aromatic N) is 4. The topological polar surface area (TPSA) is 63.2 Å². The van der Waals surface area contributed by atoms with E-state index in [9.17, 15) is 0 Å². The van der Waals surface area contributed by atoms with Gasteiger partial charge < -0.3 is 15.0 Å². The first-order chi connectivity index (χ1) is 9.13. The normalized spacial score (nSPS) is 23.3. The number of aromatic nitrogens is 3. The van der Waals surface area contributed by atoms with Crippen molar-refractivity contribution in [2.45, 2.75) is 27.2 Å². The van der Waals surface area contributed by atoms with Crippen LogP contribution in [0.2, 0.25) is 0 Å². The van der Waals surface area contributed by atoms with Crippen molar-refractivity contribution >= 4 is 11.9 Å². The summed E-state index contributed by atoms with van der Waals surface area (Å²) in [4.78, 5) is 15.2. The van der Waals surface area contributed by atoms with Crippen molar-refractivity contribution in [2.24, 2.45) is 11.8 Å². The molecule has 0 bridgehead atoms. The minimum Gasteiger partial charge on any atom is -0.467 e. The molecule has 106 valence electrons. The smallest absolute Gasteiger partial charge is 0.322 e. The van der Waals surface area contributed by atoms with E-state index in [-0.39, 0.29) is 0 Å². The summed E-state index contributed by atoms with van der Waals surface area (Å²) in [5.41, 5.74) is 0. The minimum absolute atomic E-state index is 0.368. The molecule has 0 aliphatic carbocycles. The highest BCUT2D eigenvalue weighted by Gasteiger charge is 2.25. The molecule has 0 radical (unpaired) electrons. The summed E-state index contributed by atoms with van der Waals surface area (Å²) >= 11 is 0.